The first kappa shape index (κ1) is 17.9. The van der Waals surface area contributed by atoms with E-state index < -0.39 is 0 Å². The largest absolute Gasteiger partial charge is 0.0985 e. The molecule has 3 aromatic carbocycles. The average Bonchev–Trinajstić information content (AvgIpc) is 2.72. The summed E-state index contributed by atoms with van der Waals surface area (Å²) in [6.07, 6.45) is 3.79. The van der Waals surface area contributed by atoms with Crippen LogP contribution in [0.25, 0.3) is 12.2 Å². The molecule has 0 saturated carbocycles. The van der Waals surface area contributed by atoms with Crippen molar-refractivity contribution in [3.05, 3.63) is 119 Å². The maximum Gasteiger partial charge on any atom is 0.00613 e. The van der Waals surface area contributed by atoms with E-state index in [-0.39, 0.29) is 0 Å². The third kappa shape index (κ3) is 3.86. The minimum Gasteiger partial charge on any atom is -0.0985 e. The third-order valence-electron chi connectivity index (χ3n) is 5.23. The van der Waals surface area contributed by atoms with Gasteiger partial charge >= 0.3 is 0 Å². The molecule has 0 spiro atoms. The molecule has 3 aromatic rings. The molecule has 0 saturated heterocycles. The van der Waals surface area contributed by atoms with E-state index in [1.165, 1.54) is 27.8 Å². The molecule has 2 atom stereocenters. The van der Waals surface area contributed by atoms with E-state index in [4.69, 9.17) is 0 Å². The van der Waals surface area contributed by atoms with Crippen LogP contribution in [0.15, 0.2) is 86.0 Å². The van der Waals surface area contributed by atoms with Crippen LogP contribution in [0.5, 0.6) is 0 Å². The monoisotopic (exact) mass is 338 g/mol. The van der Waals surface area contributed by atoms with Gasteiger partial charge in [-0.3, -0.25) is 0 Å². The predicted molar refractivity (Wildman–Crippen MR) is 115 cm³/mol. The van der Waals surface area contributed by atoms with Crippen LogP contribution < -0.4 is 0 Å². The van der Waals surface area contributed by atoms with Crippen molar-refractivity contribution in [2.45, 2.75) is 25.7 Å². The molecule has 0 N–H and O–H groups in total. The van der Waals surface area contributed by atoms with Gasteiger partial charge in [-0.05, 0) is 33.4 Å². The molecular formula is C26H26. The van der Waals surface area contributed by atoms with Crippen molar-refractivity contribution < 1.29 is 0 Å². The van der Waals surface area contributed by atoms with E-state index in [2.05, 4.69) is 99.8 Å². The summed E-state index contributed by atoms with van der Waals surface area (Å²) in [4.78, 5) is 0. The molecule has 0 amide bonds. The van der Waals surface area contributed by atoms with Crippen LogP contribution in [0, 0.1) is 0 Å². The summed E-state index contributed by atoms with van der Waals surface area (Å²) in [5.41, 5.74) is 7.67. The van der Waals surface area contributed by atoms with Gasteiger partial charge in [-0.1, -0.05) is 112 Å². The minimum absolute atomic E-state index is 0.352. The van der Waals surface area contributed by atoms with Crippen LogP contribution in [-0.2, 0) is 0 Å². The van der Waals surface area contributed by atoms with E-state index in [0.29, 0.717) is 11.8 Å². The molecule has 0 fully saturated rings. The Bertz CT molecular complexity index is 899. The smallest absolute Gasteiger partial charge is 0.00613 e. The Labute approximate surface area is 157 Å². The third-order valence-corrected chi connectivity index (χ3v) is 5.23. The number of rotatable bonds is 6. The molecule has 0 aliphatic rings. The normalized spacial score (nSPS) is 13.0. The van der Waals surface area contributed by atoms with Gasteiger partial charge in [0.25, 0.3) is 0 Å². The first-order chi connectivity index (χ1) is 12.6. The molecule has 3 rings (SSSR count). The molecule has 0 aliphatic carbocycles. The van der Waals surface area contributed by atoms with Crippen molar-refractivity contribution in [2.75, 3.05) is 0 Å². The van der Waals surface area contributed by atoms with Gasteiger partial charge in [-0.25, -0.2) is 0 Å². The Hall–Kier alpha value is -2.86. The Kier molecular flexibility index (Phi) is 5.53. The molecular weight excluding hydrogens is 312 g/mol. The Morgan fingerprint density at radius 1 is 0.577 bits per heavy atom. The van der Waals surface area contributed by atoms with Crippen molar-refractivity contribution in [1.29, 1.82) is 0 Å². The summed E-state index contributed by atoms with van der Waals surface area (Å²) >= 11 is 0. The average molecular weight is 338 g/mol. The molecule has 0 radical (unpaired) electrons. The van der Waals surface area contributed by atoms with Crippen molar-refractivity contribution in [3.8, 4) is 0 Å². The number of hydrogen-bond acceptors (Lipinski definition) is 0. The minimum atomic E-state index is 0.352. The van der Waals surface area contributed by atoms with Gasteiger partial charge in [-0.2, -0.15) is 0 Å². The summed E-state index contributed by atoms with van der Waals surface area (Å²) in [5, 5.41) is 0. The zero-order chi connectivity index (χ0) is 18.5. The molecule has 130 valence electrons. The molecule has 0 nitrogen and oxygen atoms in total. The lowest BCUT2D eigenvalue weighted by Crippen LogP contribution is -2.01. The lowest BCUT2D eigenvalue weighted by Gasteiger charge is -2.18. The summed E-state index contributed by atoms with van der Waals surface area (Å²) < 4.78 is 0. The lowest BCUT2D eigenvalue weighted by molar-refractivity contribution is 0.887. The Balaban J connectivity index is 1.88. The number of benzene rings is 3. The van der Waals surface area contributed by atoms with Gasteiger partial charge in [0.1, 0.15) is 0 Å². The van der Waals surface area contributed by atoms with E-state index in [9.17, 15) is 0 Å². The van der Waals surface area contributed by atoms with E-state index >= 15 is 0 Å². The van der Waals surface area contributed by atoms with Crippen molar-refractivity contribution in [3.63, 3.8) is 0 Å². The number of hydrogen-bond donors (Lipinski definition) is 0. The van der Waals surface area contributed by atoms with Crippen LogP contribution in [0.3, 0.4) is 0 Å². The molecule has 0 heterocycles. The van der Waals surface area contributed by atoms with Gasteiger partial charge in [0.15, 0.2) is 0 Å². The highest BCUT2D eigenvalue weighted by molar-refractivity contribution is 5.50. The Morgan fingerprint density at radius 3 is 1.65 bits per heavy atom. The highest BCUT2D eigenvalue weighted by Crippen LogP contribution is 2.30. The summed E-state index contributed by atoms with van der Waals surface area (Å²) in [6, 6.07) is 26.2. The standard InChI is InChI=1S/C26H26/c1-5-21-13-15-23(16-14-21)19(3)25-11-8-12-26(18-25)20(4)24-10-7-9-22(6-2)17-24/h5-20H,1-2H2,3-4H3. The molecule has 0 aromatic heterocycles. The fourth-order valence-electron chi connectivity index (χ4n) is 3.36. The molecule has 26 heavy (non-hydrogen) atoms. The van der Waals surface area contributed by atoms with Crippen molar-refractivity contribution >= 4 is 12.2 Å². The molecule has 0 aliphatic heterocycles. The van der Waals surface area contributed by atoms with Crippen LogP contribution in [0.2, 0.25) is 0 Å². The summed E-state index contributed by atoms with van der Waals surface area (Å²) in [7, 11) is 0. The zero-order valence-corrected chi connectivity index (χ0v) is 15.7. The van der Waals surface area contributed by atoms with E-state index in [1.807, 2.05) is 12.2 Å². The van der Waals surface area contributed by atoms with Crippen LogP contribution in [0.4, 0.5) is 0 Å². The van der Waals surface area contributed by atoms with Crippen LogP contribution in [-0.4, -0.2) is 0 Å². The maximum absolute atomic E-state index is 3.88. The first-order valence-electron chi connectivity index (χ1n) is 9.17. The van der Waals surface area contributed by atoms with Crippen molar-refractivity contribution in [2.24, 2.45) is 0 Å². The van der Waals surface area contributed by atoms with Gasteiger partial charge in [0, 0.05) is 11.8 Å². The molecule has 0 heteroatoms. The quantitative estimate of drug-likeness (QED) is 0.443. The van der Waals surface area contributed by atoms with Gasteiger partial charge in [0.05, 0.1) is 0 Å². The topological polar surface area (TPSA) is 0 Å². The second kappa shape index (κ2) is 8.01. The van der Waals surface area contributed by atoms with Crippen molar-refractivity contribution in [1.82, 2.24) is 0 Å². The molecule has 2 unspecified atom stereocenters. The second-order valence-corrected chi connectivity index (χ2v) is 6.86. The fraction of sp³-hybridized carbons (Fsp3) is 0.154. The predicted octanol–water partition coefficient (Wildman–Crippen LogP) is 7.28. The molecule has 0 bridgehead atoms. The second-order valence-electron chi connectivity index (χ2n) is 6.86. The highest BCUT2D eigenvalue weighted by Gasteiger charge is 2.13. The van der Waals surface area contributed by atoms with E-state index in [1.54, 1.807) is 0 Å². The summed E-state index contributed by atoms with van der Waals surface area (Å²) in [6.45, 7) is 12.2. The Morgan fingerprint density at radius 2 is 1.08 bits per heavy atom. The van der Waals surface area contributed by atoms with Crippen LogP contribution >= 0.6 is 0 Å². The van der Waals surface area contributed by atoms with Crippen LogP contribution in [0.1, 0.15) is 59.1 Å². The zero-order valence-electron chi connectivity index (χ0n) is 15.7. The van der Waals surface area contributed by atoms with Gasteiger partial charge < -0.3 is 0 Å². The first-order valence-corrected chi connectivity index (χ1v) is 9.17. The van der Waals surface area contributed by atoms with Gasteiger partial charge in [0.2, 0.25) is 0 Å². The fourth-order valence-corrected chi connectivity index (χ4v) is 3.36. The lowest BCUT2D eigenvalue weighted by atomic mass is 9.87. The SMILES string of the molecule is C=Cc1ccc(C(C)c2cccc(C(C)c3cccc(C=C)c3)c2)cc1. The summed E-state index contributed by atoms with van der Waals surface area (Å²) in [5.74, 6) is 0.714. The van der Waals surface area contributed by atoms with Gasteiger partial charge in [-0.15, -0.1) is 0 Å². The van der Waals surface area contributed by atoms with E-state index in [0.717, 1.165) is 5.56 Å². The maximum atomic E-state index is 3.88. The highest BCUT2D eigenvalue weighted by atomic mass is 14.2.